The van der Waals surface area contributed by atoms with Crippen molar-refractivity contribution in [2.75, 3.05) is 19.6 Å². The molecule has 1 rings (SSSR count). The zero-order chi connectivity index (χ0) is 11.5. The summed E-state index contributed by atoms with van der Waals surface area (Å²) in [5.41, 5.74) is 5.73. The van der Waals surface area contributed by atoms with E-state index in [2.05, 4.69) is 25.7 Å². The van der Waals surface area contributed by atoms with Gasteiger partial charge in [0.25, 0.3) is 0 Å². The van der Waals surface area contributed by atoms with Gasteiger partial charge in [-0.2, -0.15) is 0 Å². The van der Waals surface area contributed by atoms with E-state index in [0.717, 1.165) is 12.3 Å². The lowest BCUT2D eigenvalue weighted by Gasteiger charge is -2.24. The summed E-state index contributed by atoms with van der Waals surface area (Å²) in [7, 11) is 0. The first-order valence-corrected chi connectivity index (χ1v) is 6.35. The molecule has 0 aromatic heterocycles. The largest absolute Gasteiger partial charge is 0.393 e. The molecular weight excluding hydrogens is 204 g/mol. The maximum atomic E-state index is 5.70. The molecule has 1 saturated heterocycles. The van der Waals surface area contributed by atoms with Crippen molar-refractivity contribution in [2.45, 2.75) is 40.0 Å². The van der Waals surface area contributed by atoms with E-state index in [1.165, 1.54) is 32.5 Å². The van der Waals surface area contributed by atoms with Crippen LogP contribution in [0.4, 0.5) is 0 Å². The van der Waals surface area contributed by atoms with Crippen LogP contribution in [0.1, 0.15) is 40.0 Å². The van der Waals surface area contributed by atoms with Gasteiger partial charge in [-0.05, 0) is 38.3 Å². The fraction of sp³-hybridized carbons (Fsp3) is 0.917. The second kappa shape index (κ2) is 5.26. The molecule has 1 aliphatic heterocycles. The molecule has 0 amide bonds. The van der Waals surface area contributed by atoms with E-state index in [0.29, 0.717) is 4.99 Å². The van der Waals surface area contributed by atoms with E-state index < -0.39 is 0 Å². The van der Waals surface area contributed by atoms with Crippen molar-refractivity contribution in [3.05, 3.63) is 0 Å². The molecular formula is C12H24N2S. The van der Waals surface area contributed by atoms with Crippen LogP contribution in [-0.4, -0.2) is 29.5 Å². The van der Waals surface area contributed by atoms with Gasteiger partial charge in [0.15, 0.2) is 0 Å². The highest BCUT2D eigenvalue weighted by molar-refractivity contribution is 7.80. The van der Waals surface area contributed by atoms with E-state index in [1.54, 1.807) is 0 Å². The standard InChI is InChI=1S/C12H24N2S/c1-10-5-8-14(9-10)7-4-6-12(2,3)11(13)15/h10H,4-9H2,1-3H3,(H2,13,15). The molecule has 0 saturated carbocycles. The van der Waals surface area contributed by atoms with Gasteiger partial charge in [0.05, 0.1) is 4.99 Å². The average molecular weight is 228 g/mol. The number of nitrogens with zero attached hydrogens (tertiary/aromatic N) is 1. The zero-order valence-electron chi connectivity index (χ0n) is 10.3. The molecule has 1 fully saturated rings. The Morgan fingerprint density at radius 2 is 2.20 bits per heavy atom. The fourth-order valence-corrected chi connectivity index (χ4v) is 2.20. The number of hydrogen-bond donors (Lipinski definition) is 1. The highest BCUT2D eigenvalue weighted by Gasteiger charge is 2.22. The molecule has 0 aromatic rings. The van der Waals surface area contributed by atoms with Crippen LogP contribution in [0.3, 0.4) is 0 Å². The van der Waals surface area contributed by atoms with Gasteiger partial charge < -0.3 is 10.6 Å². The summed E-state index contributed by atoms with van der Waals surface area (Å²) in [6.07, 6.45) is 3.67. The molecule has 0 spiro atoms. The van der Waals surface area contributed by atoms with Crippen molar-refractivity contribution in [1.82, 2.24) is 4.90 Å². The zero-order valence-corrected chi connectivity index (χ0v) is 11.1. The van der Waals surface area contributed by atoms with Crippen LogP contribution in [0, 0.1) is 11.3 Å². The van der Waals surface area contributed by atoms with Crippen molar-refractivity contribution in [3.63, 3.8) is 0 Å². The smallest absolute Gasteiger partial charge is 0.0784 e. The Kier molecular flexibility index (Phi) is 4.53. The monoisotopic (exact) mass is 228 g/mol. The Labute approximate surface area is 99.2 Å². The van der Waals surface area contributed by atoms with Crippen LogP contribution in [0.25, 0.3) is 0 Å². The van der Waals surface area contributed by atoms with Crippen molar-refractivity contribution in [3.8, 4) is 0 Å². The number of hydrogen-bond acceptors (Lipinski definition) is 2. The average Bonchev–Trinajstić information content (AvgIpc) is 2.51. The lowest BCUT2D eigenvalue weighted by molar-refractivity contribution is 0.302. The first kappa shape index (κ1) is 12.9. The Bertz CT molecular complexity index is 226. The molecule has 0 bridgehead atoms. The minimum Gasteiger partial charge on any atom is -0.393 e. The van der Waals surface area contributed by atoms with Gasteiger partial charge in [-0.15, -0.1) is 0 Å². The van der Waals surface area contributed by atoms with E-state index >= 15 is 0 Å². The molecule has 88 valence electrons. The fourth-order valence-electron chi connectivity index (χ4n) is 2.10. The number of rotatable bonds is 5. The van der Waals surface area contributed by atoms with Crippen LogP contribution >= 0.6 is 12.2 Å². The predicted octanol–water partition coefficient (Wildman–Crippen LogP) is 2.42. The molecule has 1 unspecified atom stereocenters. The Hall–Kier alpha value is -0.150. The first-order chi connectivity index (χ1) is 6.92. The third kappa shape index (κ3) is 4.07. The highest BCUT2D eigenvalue weighted by atomic mass is 32.1. The van der Waals surface area contributed by atoms with Crippen LogP contribution in [-0.2, 0) is 0 Å². The predicted molar refractivity (Wildman–Crippen MR) is 70.0 cm³/mol. The van der Waals surface area contributed by atoms with Crippen LogP contribution in [0.15, 0.2) is 0 Å². The molecule has 2 nitrogen and oxygen atoms in total. The molecule has 1 aliphatic rings. The van der Waals surface area contributed by atoms with Gasteiger partial charge >= 0.3 is 0 Å². The van der Waals surface area contributed by atoms with Crippen LogP contribution in [0.5, 0.6) is 0 Å². The lowest BCUT2D eigenvalue weighted by atomic mass is 9.88. The summed E-state index contributed by atoms with van der Waals surface area (Å²) >= 11 is 5.06. The summed E-state index contributed by atoms with van der Waals surface area (Å²) in [4.78, 5) is 3.21. The van der Waals surface area contributed by atoms with Gasteiger partial charge in [0.1, 0.15) is 0 Å². The van der Waals surface area contributed by atoms with Gasteiger partial charge in [-0.25, -0.2) is 0 Å². The summed E-state index contributed by atoms with van der Waals surface area (Å²) in [5.74, 6) is 0.883. The van der Waals surface area contributed by atoms with E-state index in [9.17, 15) is 0 Å². The van der Waals surface area contributed by atoms with Crippen LogP contribution in [0.2, 0.25) is 0 Å². The molecule has 0 aromatic carbocycles. The summed E-state index contributed by atoms with van der Waals surface area (Å²) in [6, 6.07) is 0. The third-order valence-corrected chi connectivity index (χ3v) is 4.00. The van der Waals surface area contributed by atoms with Crippen molar-refractivity contribution in [2.24, 2.45) is 17.1 Å². The maximum absolute atomic E-state index is 5.70. The second-order valence-electron chi connectivity index (χ2n) is 5.55. The van der Waals surface area contributed by atoms with Gasteiger partial charge in [-0.3, -0.25) is 0 Å². The SMILES string of the molecule is CC1CCN(CCCC(C)(C)C(N)=S)C1. The summed E-state index contributed by atoms with van der Waals surface area (Å²) in [6.45, 7) is 10.4. The molecule has 0 aliphatic carbocycles. The quantitative estimate of drug-likeness (QED) is 0.733. The minimum absolute atomic E-state index is 0.0284. The van der Waals surface area contributed by atoms with Crippen molar-refractivity contribution >= 4 is 17.2 Å². The van der Waals surface area contributed by atoms with E-state index in [1.807, 2.05) is 0 Å². The number of nitrogens with two attached hydrogens (primary N) is 1. The van der Waals surface area contributed by atoms with Gasteiger partial charge in [0, 0.05) is 12.0 Å². The molecule has 3 heteroatoms. The van der Waals surface area contributed by atoms with Crippen molar-refractivity contribution < 1.29 is 0 Å². The first-order valence-electron chi connectivity index (χ1n) is 5.94. The molecule has 2 N–H and O–H groups in total. The van der Waals surface area contributed by atoms with E-state index in [4.69, 9.17) is 18.0 Å². The molecule has 15 heavy (non-hydrogen) atoms. The number of likely N-dealkylation sites (tertiary alicyclic amines) is 1. The maximum Gasteiger partial charge on any atom is 0.0784 e. The summed E-state index contributed by atoms with van der Waals surface area (Å²) in [5, 5.41) is 0. The lowest BCUT2D eigenvalue weighted by Crippen LogP contribution is -2.31. The Morgan fingerprint density at radius 3 is 2.67 bits per heavy atom. The Balaban J connectivity index is 2.19. The normalized spacial score (nSPS) is 23.3. The van der Waals surface area contributed by atoms with Crippen LogP contribution < -0.4 is 5.73 Å². The Morgan fingerprint density at radius 1 is 1.53 bits per heavy atom. The highest BCUT2D eigenvalue weighted by Crippen LogP contribution is 2.23. The van der Waals surface area contributed by atoms with Crippen molar-refractivity contribution in [1.29, 1.82) is 0 Å². The molecule has 1 atom stereocenters. The molecule has 0 radical (unpaired) electrons. The summed E-state index contributed by atoms with van der Waals surface area (Å²) < 4.78 is 0. The third-order valence-electron chi connectivity index (χ3n) is 3.45. The van der Waals surface area contributed by atoms with Gasteiger partial charge in [0.2, 0.25) is 0 Å². The minimum atomic E-state index is 0.0284. The topological polar surface area (TPSA) is 29.3 Å². The second-order valence-corrected chi connectivity index (χ2v) is 5.99. The van der Waals surface area contributed by atoms with E-state index in [-0.39, 0.29) is 5.41 Å². The number of thiocarbonyl (C=S) groups is 1. The molecule has 1 heterocycles. The van der Waals surface area contributed by atoms with Gasteiger partial charge in [-0.1, -0.05) is 33.0 Å².